The zero-order valence-electron chi connectivity index (χ0n) is 6.63. The Labute approximate surface area is 77.3 Å². The molecule has 0 aliphatic carbocycles. The van der Waals surface area contributed by atoms with E-state index in [4.69, 9.17) is 11.6 Å². The molecule has 1 radical (unpaired) electrons. The molecule has 63 valence electrons. The van der Waals surface area contributed by atoms with E-state index >= 15 is 0 Å². The Bertz CT molecular complexity index is 294. The first-order valence-electron chi connectivity index (χ1n) is 3.60. The molecule has 2 heteroatoms. The van der Waals surface area contributed by atoms with Crippen LogP contribution >= 0.6 is 11.6 Å². The molecule has 1 aromatic rings. The van der Waals surface area contributed by atoms with Gasteiger partial charge in [-0.25, -0.2) is 0 Å². The molecule has 0 amide bonds. The summed E-state index contributed by atoms with van der Waals surface area (Å²) in [6.45, 7) is 7.42. The van der Waals surface area contributed by atoms with Crippen molar-refractivity contribution in [1.82, 2.24) is 0 Å². The van der Waals surface area contributed by atoms with Gasteiger partial charge in [-0.1, -0.05) is 29.8 Å². The van der Waals surface area contributed by atoms with Crippen molar-refractivity contribution in [2.24, 2.45) is 0 Å². The average Bonchev–Trinajstić information content (AvgIpc) is 2.08. The van der Waals surface area contributed by atoms with Gasteiger partial charge in [-0.15, -0.1) is 6.58 Å². The van der Waals surface area contributed by atoms with Crippen LogP contribution in [-0.4, -0.2) is 5.11 Å². The van der Waals surface area contributed by atoms with Crippen LogP contribution in [0.4, 0.5) is 0 Å². The molecule has 1 nitrogen and oxygen atoms in total. The van der Waals surface area contributed by atoms with Gasteiger partial charge in [0.1, 0.15) is 5.75 Å². The van der Waals surface area contributed by atoms with Gasteiger partial charge in [0.2, 0.25) is 0 Å². The number of phenols is 1. The second kappa shape index (κ2) is 3.63. The zero-order chi connectivity index (χ0) is 9.14. The Hall–Kier alpha value is -0.950. The van der Waals surface area contributed by atoms with Crippen molar-refractivity contribution in [3.63, 3.8) is 0 Å². The Morgan fingerprint density at radius 2 is 2.17 bits per heavy atom. The van der Waals surface area contributed by atoms with Gasteiger partial charge >= 0.3 is 0 Å². The summed E-state index contributed by atoms with van der Waals surface area (Å²) in [7, 11) is 0. The SMILES string of the molecule is [CH2]C(C=C)c1cccc(O)c1Cl. The standard InChI is InChI=1S/C10H10ClO/c1-3-7(2)8-5-4-6-9(12)10(8)11/h3-7,12H,1-2H2. The van der Waals surface area contributed by atoms with Gasteiger partial charge in [-0.05, 0) is 18.6 Å². The summed E-state index contributed by atoms with van der Waals surface area (Å²) in [5.74, 6) is 0.00858. The second-order valence-electron chi connectivity index (χ2n) is 2.52. The Balaban J connectivity index is 3.15. The lowest BCUT2D eigenvalue weighted by atomic mass is 10.0. The third kappa shape index (κ3) is 1.62. The first-order valence-corrected chi connectivity index (χ1v) is 3.97. The van der Waals surface area contributed by atoms with Crippen LogP contribution in [0.1, 0.15) is 11.5 Å². The van der Waals surface area contributed by atoms with E-state index in [1.165, 1.54) is 0 Å². The highest BCUT2D eigenvalue weighted by atomic mass is 35.5. The highest BCUT2D eigenvalue weighted by Gasteiger charge is 2.08. The van der Waals surface area contributed by atoms with Gasteiger partial charge in [0, 0.05) is 5.92 Å². The molecule has 1 aromatic carbocycles. The number of phenolic OH excluding ortho intramolecular Hbond substituents is 1. The molecule has 12 heavy (non-hydrogen) atoms. The number of hydrogen-bond donors (Lipinski definition) is 1. The van der Waals surface area contributed by atoms with Crippen molar-refractivity contribution in [2.45, 2.75) is 5.92 Å². The summed E-state index contributed by atoms with van der Waals surface area (Å²) in [6, 6.07) is 5.10. The molecule has 1 N–H and O–H groups in total. The van der Waals surface area contributed by atoms with Crippen LogP contribution in [0.15, 0.2) is 30.9 Å². The molecular formula is C10H10ClO. The van der Waals surface area contributed by atoms with Gasteiger partial charge in [-0.2, -0.15) is 0 Å². The number of hydrogen-bond acceptors (Lipinski definition) is 1. The van der Waals surface area contributed by atoms with Crippen molar-refractivity contribution in [3.05, 3.63) is 48.4 Å². The van der Waals surface area contributed by atoms with Gasteiger partial charge in [0.15, 0.2) is 0 Å². The van der Waals surface area contributed by atoms with Crippen molar-refractivity contribution < 1.29 is 5.11 Å². The summed E-state index contributed by atoms with van der Waals surface area (Å²) in [5.41, 5.74) is 0.798. The zero-order valence-corrected chi connectivity index (χ0v) is 7.38. The molecule has 0 spiro atoms. The Morgan fingerprint density at radius 3 is 2.75 bits per heavy atom. The highest BCUT2D eigenvalue weighted by Crippen LogP contribution is 2.31. The first kappa shape index (κ1) is 9.14. The van der Waals surface area contributed by atoms with Crippen molar-refractivity contribution in [2.75, 3.05) is 0 Å². The van der Waals surface area contributed by atoms with Crippen LogP contribution in [0.5, 0.6) is 5.75 Å². The van der Waals surface area contributed by atoms with Gasteiger partial charge < -0.3 is 5.11 Å². The third-order valence-electron chi connectivity index (χ3n) is 1.69. The average molecular weight is 182 g/mol. The number of aromatic hydroxyl groups is 1. The minimum Gasteiger partial charge on any atom is -0.506 e. The van der Waals surface area contributed by atoms with E-state index < -0.39 is 0 Å². The maximum atomic E-state index is 9.25. The maximum absolute atomic E-state index is 9.25. The molecule has 0 fully saturated rings. The van der Waals surface area contributed by atoms with E-state index in [0.29, 0.717) is 5.02 Å². The molecule has 1 rings (SSSR count). The van der Waals surface area contributed by atoms with E-state index in [1.807, 2.05) is 6.07 Å². The molecule has 0 heterocycles. The maximum Gasteiger partial charge on any atom is 0.134 e. The van der Waals surface area contributed by atoms with Crippen LogP contribution in [0.2, 0.25) is 5.02 Å². The third-order valence-corrected chi connectivity index (χ3v) is 2.10. The van der Waals surface area contributed by atoms with E-state index in [-0.39, 0.29) is 11.7 Å². The first-order chi connectivity index (χ1) is 5.66. The predicted molar refractivity (Wildman–Crippen MR) is 51.4 cm³/mol. The van der Waals surface area contributed by atoms with Crippen LogP contribution in [0.3, 0.4) is 0 Å². The number of benzene rings is 1. The van der Waals surface area contributed by atoms with Gasteiger partial charge in [-0.3, -0.25) is 0 Å². The van der Waals surface area contributed by atoms with Crippen LogP contribution in [0, 0.1) is 6.92 Å². The lowest BCUT2D eigenvalue weighted by molar-refractivity contribution is 0.475. The molecule has 0 aliphatic rings. The van der Waals surface area contributed by atoms with E-state index in [1.54, 1.807) is 18.2 Å². The molecule has 0 aliphatic heterocycles. The van der Waals surface area contributed by atoms with Crippen molar-refractivity contribution in [1.29, 1.82) is 0 Å². The summed E-state index contributed by atoms with van der Waals surface area (Å²) in [5, 5.41) is 9.61. The number of rotatable bonds is 2. The van der Waals surface area contributed by atoms with Crippen molar-refractivity contribution >= 4 is 11.6 Å². The molecule has 0 bridgehead atoms. The summed E-state index contributed by atoms with van der Waals surface area (Å²) in [4.78, 5) is 0. The van der Waals surface area contributed by atoms with Crippen LogP contribution in [0.25, 0.3) is 0 Å². The fraction of sp³-hybridized carbons (Fsp3) is 0.100. The summed E-state index contributed by atoms with van der Waals surface area (Å²) < 4.78 is 0. The van der Waals surface area contributed by atoms with Crippen molar-refractivity contribution in [3.8, 4) is 5.75 Å². The van der Waals surface area contributed by atoms with E-state index in [9.17, 15) is 5.11 Å². The Kier molecular flexibility index (Phi) is 2.77. The lowest BCUT2D eigenvalue weighted by Crippen LogP contribution is -1.89. The quantitative estimate of drug-likeness (QED) is 0.695. The fourth-order valence-corrected chi connectivity index (χ4v) is 1.22. The summed E-state index contributed by atoms with van der Waals surface area (Å²) >= 11 is 5.83. The highest BCUT2D eigenvalue weighted by molar-refractivity contribution is 6.32. The number of allylic oxidation sites excluding steroid dienone is 1. The van der Waals surface area contributed by atoms with Crippen LogP contribution < -0.4 is 0 Å². The molecule has 0 saturated carbocycles. The van der Waals surface area contributed by atoms with Gasteiger partial charge in [0.25, 0.3) is 0 Å². The molecule has 0 saturated heterocycles. The van der Waals surface area contributed by atoms with Crippen LogP contribution in [-0.2, 0) is 0 Å². The number of halogens is 1. The summed E-state index contributed by atoms with van der Waals surface area (Å²) in [6.07, 6.45) is 1.68. The van der Waals surface area contributed by atoms with E-state index in [2.05, 4.69) is 13.5 Å². The van der Waals surface area contributed by atoms with E-state index in [0.717, 1.165) is 5.56 Å². The minimum atomic E-state index is -0.0791. The monoisotopic (exact) mass is 181 g/mol. The lowest BCUT2D eigenvalue weighted by Gasteiger charge is -2.08. The van der Waals surface area contributed by atoms with Gasteiger partial charge in [0.05, 0.1) is 5.02 Å². The molecule has 1 unspecified atom stereocenters. The molecule has 0 aromatic heterocycles. The molecular weight excluding hydrogens is 172 g/mol. The smallest absolute Gasteiger partial charge is 0.134 e. The topological polar surface area (TPSA) is 20.2 Å². The molecule has 1 atom stereocenters. The fourth-order valence-electron chi connectivity index (χ4n) is 0.950. The Morgan fingerprint density at radius 1 is 1.50 bits per heavy atom. The largest absolute Gasteiger partial charge is 0.506 e. The normalized spacial score (nSPS) is 12.5. The minimum absolute atomic E-state index is 0.0791. The second-order valence-corrected chi connectivity index (χ2v) is 2.90. The predicted octanol–water partition coefficient (Wildman–Crippen LogP) is 3.15.